The molecule has 10 heteroatoms. The molecule has 2 aromatic carbocycles. The van der Waals surface area contributed by atoms with E-state index in [1.165, 1.54) is 18.1 Å². The van der Waals surface area contributed by atoms with Gasteiger partial charge in [0.25, 0.3) is 0 Å². The zero-order chi connectivity index (χ0) is 28.5. The molecular weight excluding hydrogens is 516 g/mol. The summed E-state index contributed by atoms with van der Waals surface area (Å²) < 4.78 is 9.96. The topological polar surface area (TPSA) is 131 Å². The average molecular weight is 545 g/mol. The SMILES string of the molecule is COC(=O)N1C(=O)C2CC=C3C(CC4C(=O)N(c5ccccc5)C(=O)C4(C)C3c3ccc(OC)cc3O)C2C1=O. The fraction of sp³-hybridized carbons (Fsp3) is 0.367. The van der Waals surface area contributed by atoms with Crippen LogP contribution in [0.2, 0.25) is 0 Å². The minimum absolute atomic E-state index is 0.114. The fourth-order valence-electron chi connectivity index (χ4n) is 7.35. The second-order valence-corrected chi connectivity index (χ2v) is 10.9. The number of anilines is 1. The number of allylic oxidation sites excluding steroid dienone is 2. The number of phenols is 1. The number of nitrogens with zero attached hydrogens (tertiary/aromatic N) is 2. The van der Waals surface area contributed by atoms with E-state index in [9.17, 15) is 29.1 Å². The molecule has 0 spiro atoms. The third-order valence-electron chi connectivity index (χ3n) is 9.19. The molecule has 5 amide bonds. The summed E-state index contributed by atoms with van der Waals surface area (Å²) >= 11 is 0. The van der Waals surface area contributed by atoms with Crippen LogP contribution in [-0.2, 0) is 23.9 Å². The number of para-hydroxylation sites is 1. The molecule has 4 aliphatic rings. The highest BCUT2D eigenvalue weighted by atomic mass is 16.5. The Hall–Kier alpha value is -4.47. The lowest BCUT2D eigenvalue weighted by molar-refractivity contribution is -0.138. The third-order valence-corrected chi connectivity index (χ3v) is 9.19. The minimum atomic E-state index is -1.29. The van der Waals surface area contributed by atoms with Gasteiger partial charge in [0.2, 0.25) is 23.6 Å². The molecule has 6 atom stereocenters. The zero-order valence-corrected chi connectivity index (χ0v) is 22.2. The van der Waals surface area contributed by atoms with Gasteiger partial charge in [-0.15, -0.1) is 0 Å². The van der Waals surface area contributed by atoms with E-state index in [0.29, 0.717) is 27.5 Å². The molecule has 2 saturated heterocycles. The first kappa shape index (κ1) is 25.8. The van der Waals surface area contributed by atoms with Gasteiger partial charge >= 0.3 is 6.09 Å². The Morgan fingerprint density at radius 1 is 0.975 bits per heavy atom. The van der Waals surface area contributed by atoms with Gasteiger partial charge in [0, 0.05) is 17.5 Å². The predicted molar refractivity (Wildman–Crippen MR) is 140 cm³/mol. The van der Waals surface area contributed by atoms with Crippen molar-refractivity contribution >= 4 is 35.4 Å². The molecule has 1 N–H and O–H groups in total. The van der Waals surface area contributed by atoms with E-state index in [1.807, 2.05) is 6.08 Å². The van der Waals surface area contributed by atoms with Crippen LogP contribution in [0.3, 0.4) is 0 Å². The third kappa shape index (κ3) is 3.31. The van der Waals surface area contributed by atoms with Crippen LogP contribution in [0.4, 0.5) is 10.5 Å². The van der Waals surface area contributed by atoms with Gasteiger partial charge < -0.3 is 14.6 Å². The summed E-state index contributed by atoms with van der Waals surface area (Å²) in [5.41, 5.74) is 0.261. The Morgan fingerprint density at radius 2 is 1.70 bits per heavy atom. The standard InChI is InChI=1S/C30H28N2O8/c1-30-21(26(35)31(28(30)37)15-7-5-4-6-8-15)14-20-17(24(30)18-10-9-16(39-2)13-22(18)33)11-12-19-23(20)27(36)32(25(19)34)29(38)40-3/h4-11,13,19-21,23-24,33H,12,14H2,1-3H3. The van der Waals surface area contributed by atoms with E-state index >= 15 is 0 Å². The number of hydrogen-bond acceptors (Lipinski definition) is 8. The summed E-state index contributed by atoms with van der Waals surface area (Å²) in [5.74, 6) is -5.72. The number of rotatable bonds is 3. The van der Waals surface area contributed by atoms with Crippen LogP contribution in [0, 0.1) is 29.1 Å². The Bertz CT molecular complexity index is 1500. The van der Waals surface area contributed by atoms with E-state index in [2.05, 4.69) is 0 Å². The summed E-state index contributed by atoms with van der Waals surface area (Å²) in [5, 5.41) is 11.2. The van der Waals surface area contributed by atoms with Crippen molar-refractivity contribution in [3.05, 3.63) is 65.7 Å². The largest absolute Gasteiger partial charge is 0.508 e. The van der Waals surface area contributed by atoms with Gasteiger partial charge in [0.15, 0.2) is 0 Å². The van der Waals surface area contributed by atoms with Crippen molar-refractivity contribution in [1.82, 2.24) is 4.90 Å². The molecule has 0 aromatic heterocycles. The molecular formula is C30H28N2O8. The first-order chi connectivity index (χ1) is 19.1. The summed E-state index contributed by atoms with van der Waals surface area (Å²) in [6.07, 6.45) is 1.11. The lowest BCUT2D eigenvalue weighted by atomic mass is 9.51. The Kier molecular flexibility index (Phi) is 5.83. The summed E-state index contributed by atoms with van der Waals surface area (Å²) in [7, 11) is 2.57. The lowest BCUT2D eigenvalue weighted by Gasteiger charge is -2.49. The number of likely N-dealkylation sites (tertiary alicyclic amines) is 1. The summed E-state index contributed by atoms with van der Waals surface area (Å²) in [6, 6.07) is 13.4. The molecule has 6 unspecified atom stereocenters. The second kappa shape index (κ2) is 9.04. The number of amides is 5. The maximum Gasteiger partial charge on any atom is 0.423 e. The molecule has 0 radical (unpaired) electrons. The number of carbonyl (C=O) groups is 5. The maximum absolute atomic E-state index is 14.3. The molecule has 3 fully saturated rings. The number of methoxy groups -OCH3 is 2. The van der Waals surface area contributed by atoms with Crippen molar-refractivity contribution < 1.29 is 38.6 Å². The first-order valence-electron chi connectivity index (χ1n) is 13.1. The fourth-order valence-corrected chi connectivity index (χ4v) is 7.35. The second-order valence-electron chi connectivity index (χ2n) is 10.9. The van der Waals surface area contributed by atoms with E-state index in [0.717, 1.165) is 7.11 Å². The van der Waals surface area contributed by atoms with Gasteiger partial charge in [-0.2, -0.15) is 4.90 Å². The highest BCUT2D eigenvalue weighted by Gasteiger charge is 2.68. The molecule has 2 aromatic rings. The highest BCUT2D eigenvalue weighted by Crippen LogP contribution is 2.64. The predicted octanol–water partition coefficient (Wildman–Crippen LogP) is 3.40. The van der Waals surface area contributed by atoms with Crippen LogP contribution in [0.15, 0.2) is 60.2 Å². The molecule has 1 saturated carbocycles. The lowest BCUT2D eigenvalue weighted by Crippen LogP contribution is -2.49. The van der Waals surface area contributed by atoms with Crippen molar-refractivity contribution in [2.24, 2.45) is 29.1 Å². The molecule has 2 aliphatic heterocycles. The average Bonchev–Trinajstić information content (AvgIpc) is 3.33. The van der Waals surface area contributed by atoms with E-state index in [1.54, 1.807) is 49.4 Å². The minimum Gasteiger partial charge on any atom is -0.508 e. The van der Waals surface area contributed by atoms with Crippen LogP contribution in [0.5, 0.6) is 11.5 Å². The van der Waals surface area contributed by atoms with Crippen molar-refractivity contribution in [1.29, 1.82) is 0 Å². The molecule has 10 nitrogen and oxygen atoms in total. The van der Waals surface area contributed by atoms with Crippen LogP contribution in [0.25, 0.3) is 0 Å². The zero-order valence-electron chi connectivity index (χ0n) is 22.2. The van der Waals surface area contributed by atoms with Gasteiger partial charge in [-0.25, -0.2) is 9.69 Å². The number of ether oxygens (including phenoxy) is 2. The molecule has 2 heterocycles. The van der Waals surface area contributed by atoms with Gasteiger partial charge in [0.1, 0.15) is 11.5 Å². The number of imide groups is 4. The number of phenolic OH excluding ortho intramolecular Hbond substituents is 1. The molecule has 206 valence electrons. The van der Waals surface area contributed by atoms with Gasteiger partial charge in [-0.05, 0) is 43.9 Å². The van der Waals surface area contributed by atoms with Crippen LogP contribution in [0.1, 0.15) is 31.2 Å². The van der Waals surface area contributed by atoms with Crippen molar-refractivity contribution in [2.45, 2.75) is 25.7 Å². The van der Waals surface area contributed by atoms with E-state index in [-0.39, 0.29) is 18.6 Å². The monoisotopic (exact) mass is 544 g/mol. The molecule has 2 aliphatic carbocycles. The maximum atomic E-state index is 14.3. The van der Waals surface area contributed by atoms with Gasteiger partial charge in [-0.1, -0.05) is 35.9 Å². The normalized spacial score (nSPS) is 31.0. The van der Waals surface area contributed by atoms with E-state index < -0.39 is 64.7 Å². The highest BCUT2D eigenvalue weighted by molar-refractivity contribution is 6.24. The first-order valence-corrected chi connectivity index (χ1v) is 13.1. The number of benzene rings is 2. The van der Waals surface area contributed by atoms with Crippen molar-refractivity contribution in [2.75, 3.05) is 19.1 Å². The van der Waals surface area contributed by atoms with Gasteiger partial charge in [-0.3, -0.25) is 19.2 Å². The summed E-state index contributed by atoms with van der Waals surface area (Å²) in [4.78, 5) is 69.1. The Balaban J connectivity index is 1.53. The molecule has 0 bridgehead atoms. The number of carbonyl (C=O) groups excluding carboxylic acids is 5. The van der Waals surface area contributed by atoms with Gasteiger partial charge in [0.05, 0.1) is 43.1 Å². The van der Waals surface area contributed by atoms with Crippen LogP contribution < -0.4 is 9.64 Å². The number of aromatic hydroxyl groups is 1. The molecule has 6 rings (SSSR count). The van der Waals surface area contributed by atoms with Crippen LogP contribution >= 0.6 is 0 Å². The quantitative estimate of drug-likeness (QED) is 0.460. The van der Waals surface area contributed by atoms with Crippen LogP contribution in [-0.4, -0.2) is 53.9 Å². The smallest absolute Gasteiger partial charge is 0.423 e. The van der Waals surface area contributed by atoms with Crippen molar-refractivity contribution in [3.8, 4) is 11.5 Å². The van der Waals surface area contributed by atoms with E-state index in [4.69, 9.17) is 9.47 Å². The molecule has 40 heavy (non-hydrogen) atoms. The number of fused-ring (bicyclic) bond motifs is 4. The Morgan fingerprint density at radius 3 is 2.35 bits per heavy atom. The van der Waals surface area contributed by atoms with Crippen molar-refractivity contribution in [3.63, 3.8) is 0 Å². The number of hydrogen-bond donors (Lipinski definition) is 1. The Labute approximate surface area is 230 Å². The summed E-state index contributed by atoms with van der Waals surface area (Å²) in [6.45, 7) is 1.74.